The van der Waals surface area contributed by atoms with Crippen LogP contribution in [0.4, 0.5) is 0 Å². The van der Waals surface area contributed by atoms with E-state index in [1.54, 1.807) is 0 Å². The molecular weight excluding hydrogens is 534 g/mol. The van der Waals surface area contributed by atoms with Crippen molar-refractivity contribution in [3.8, 4) is 0 Å². The largest absolute Gasteiger partial charge is 0.264 e. The van der Waals surface area contributed by atoms with Crippen LogP contribution < -0.4 is 0 Å². The van der Waals surface area contributed by atoms with Gasteiger partial charge in [0.05, 0.1) is 5.52 Å². The number of hydrogen-bond donors (Lipinski definition) is 0. The normalized spacial score (nSPS) is 10.3. The summed E-state index contributed by atoms with van der Waals surface area (Å²) in [7, 11) is 0. The van der Waals surface area contributed by atoms with Crippen molar-refractivity contribution in [3.63, 3.8) is 0 Å². The average molecular weight is 572 g/mol. The summed E-state index contributed by atoms with van der Waals surface area (Å²) in [6, 6.07) is 43.6. The molecule has 0 bridgehead atoms. The predicted octanol–water partition coefficient (Wildman–Crippen LogP) is 10.8. The molecule has 3 heterocycles. The van der Waals surface area contributed by atoms with Crippen molar-refractivity contribution in [2.45, 2.75) is 27.7 Å². The number of pyridine rings is 3. The number of benzene rings is 5. The van der Waals surface area contributed by atoms with Gasteiger partial charge in [0.2, 0.25) is 0 Å². The Hall–Kier alpha value is -5.41. The molecule has 0 N–H and O–H groups in total. The molecule has 0 aliphatic rings. The van der Waals surface area contributed by atoms with Crippen LogP contribution in [0.15, 0.2) is 152 Å². The molecular formula is C41H37N3. The molecule has 44 heavy (non-hydrogen) atoms. The monoisotopic (exact) mass is 571 g/mol. The number of para-hydroxylation sites is 1. The van der Waals surface area contributed by atoms with Gasteiger partial charge in [-0.25, -0.2) is 0 Å². The summed E-state index contributed by atoms with van der Waals surface area (Å²) in [5, 5.41) is 8.95. The zero-order chi connectivity index (χ0) is 30.7. The molecule has 0 saturated carbocycles. The summed E-state index contributed by atoms with van der Waals surface area (Å²) < 4.78 is 0. The number of nitrogens with zero attached hydrogens (tertiary/aromatic N) is 3. The Balaban J connectivity index is 0.000000116. The van der Waals surface area contributed by atoms with Gasteiger partial charge < -0.3 is 0 Å². The average Bonchev–Trinajstić information content (AvgIpc) is 3.07. The molecule has 0 unspecified atom stereocenters. The molecule has 0 aliphatic carbocycles. The van der Waals surface area contributed by atoms with Crippen molar-refractivity contribution >= 4 is 43.2 Å². The summed E-state index contributed by atoms with van der Waals surface area (Å²) in [6.45, 7) is 8.35. The van der Waals surface area contributed by atoms with E-state index in [1.165, 1.54) is 54.4 Å². The van der Waals surface area contributed by atoms with E-state index in [-0.39, 0.29) is 0 Å². The zero-order valence-electron chi connectivity index (χ0n) is 25.8. The molecule has 3 nitrogen and oxygen atoms in total. The van der Waals surface area contributed by atoms with Crippen LogP contribution in [0.2, 0.25) is 0 Å². The molecule has 0 aliphatic heterocycles. The molecule has 5 aromatic carbocycles. The fourth-order valence-electron chi connectivity index (χ4n) is 5.16. The Kier molecular flexibility index (Phi) is 10.0. The number of rotatable bonds is 0. The SMILES string of the molecule is Cc1cccc2ccccc12.Cc1ccnc2ccccc12.Cc1cncc2ccccc12.Cc1nccc2ccccc12. The Morgan fingerprint density at radius 1 is 0.364 bits per heavy atom. The van der Waals surface area contributed by atoms with E-state index in [0.29, 0.717) is 0 Å². The van der Waals surface area contributed by atoms with Crippen LogP contribution in [0.3, 0.4) is 0 Å². The first-order valence-electron chi connectivity index (χ1n) is 14.9. The highest BCUT2D eigenvalue weighted by molar-refractivity contribution is 5.86. The highest BCUT2D eigenvalue weighted by atomic mass is 14.7. The van der Waals surface area contributed by atoms with Crippen molar-refractivity contribution in [1.29, 1.82) is 0 Å². The maximum Gasteiger partial charge on any atom is 0.0704 e. The van der Waals surface area contributed by atoms with E-state index in [9.17, 15) is 0 Å². The smallest absolute Gasteiger partial charge is 0.0704 e. The van der Waals surface area contributed by atoms with Crippen molar-refractivity contribution in [2.24, 2.45) is 0 Å². The van der Waals surface area contributed by atoms with Gasteiger partial charge in [-0.15, -0.1) is 0 Å². The minimum Gasteiger partial charge on any atom is -0.264 e. The highest BCUT2D eigenvalue weighted by Gasteiger charge is 1.96. The number of aromatic nitrogens is 3. The molecule has 0 saturated heterocycles. The standard InChI is InChI=1S/C11H10.3C10H9N/c1-9-5-4-7-10-6-2-3-8-11(9)10;1-8-6-11-7-9-4-2-3-5-10(8)9;1-8-10-5-3-2-4-9(10)6-7-11-8;1-8-6-7-11-10-5-3-2-4-9(8)10/h2-8H,1H3;3*2-7H,1H3. The predicted molar refractivity (Wildman–Crippen MR) is 188 cm³/mol. The van der Waals surface area contributed by atoms with E-state index < -0.39 is 0 Å². The van der Waals surface area contributed by atoms with E-state index in [1.807, 2.05) is 80.2 Å². The fourth-order valence-corrected chi connectivity index (χ4v) is 5.16. The van der Waals surface area contributed by atoms with Crippen molar-refractivity contribution in [1.82, 2.24) is 15.0 Å². The summed E-state index contributed by atoms with van der Waals surface area (Å²) in [4.78, 5) is 12.6. The Bertz CT molecular complexity index is 1800. The third-order valence-corrected chi connectivity index (χ3v) is 7.61. The third kappa shape index (κ3) is 7.50. The second-order valence-electron chi connectivity index (χ2n) is 10.7. The maximum atomic E-state index is 4.24. The van der Waals surface area contributed by atoms with Gasteiger partial charge in [-0.1, -0.05) is 109 Å². The lowest BCUT2D eigenvalue weighted by Gasteiger charge is -1.98. The number of hydrogen-bond acceptors (Lipinski definition) is 3. The van der Waals surface area contributed by atoms with Crippen molar-refractivity contribution in [3.05, 3.63) is 175 Å². The number of fused-ring (bicyclic) bond motifs is 4. The number of aryl methyl sites for hydroxylation is 4. The van der Waals surface area contributed by atoms with Gasteiger partial charge in [0.1, 0.15) is 0 Å². The second-order valence-corrected chi connectivity index (χ2v) is 10.7. The van der Waals surface area contributed by atoms with Crippen LogP contribution in [0.25, 0.3) is 43.2 Å². The van der Waals surface area contributed by atoms with E-state index >= 15 is 0 Å². The molecule has 3 aromatic heterocycles. The minimum absolute atomic E-state index is 1.08. The fraction of sp³-hybridized carbons (Fsp3) is 0.0976. The van der Waals surface area contributed by atoms with E-state index in [0.717, 1.165) is 11.2 Å². The third-order valence-electron chi connectivity index (χ3n) is 7.61. The first kappa shape index (κ1) is 30.1. The summed E-state index contributed by atoms with van der Waals surface area (Å²) in [5.74, 6) is 0. The molecule has 3 heteroatoms. The van der Waals surface area contributed by atoms with Crippen LogP contribution in [0, 0.1) is 27.7 Å². The molecule has 0 atom stereocenters. The lowest BCUT2D eigenvalue weighted by atomic mass is 10.1. The van der Waals surface area contributed by atoms with E-state index in [4.69, 9.17) is 0 Å². The zero-order valence-corrected chi connectivity index (χ0v) is 25.8. The molecule has 0 amide bonds. The summed E-state index contributed by atoms with van der Waals surface area (Å²) in [5.41, 5.74) is 6.05. The maximum absolute atomic E-state index is 4.24. The summed E-state index contributed by atoms with van der Waals surface area (Å²) >= 11 is 0. The van der Waals surface area contributed by atoms with Gasteiger partial charge in [-0.3, -0.25) is 15.0 Å². The van der Waals surface area contributed by atoms with Crippen LogP contribution >= 0.6 is 0 Å². The van der Waals surface area contributed by atoms with E-state index in [2.05, 4.69) is 115 Å². The van der Waals surface area contributed by atoms with Crippen molar-refractivity contribution in [2.75, 3.05) is 0 Å². The first-order valence-corrected chi connectivity index (χ1v) is 14.9. The second kappa shape index (κ2) is 14.7. The molecule has 216 valence electrons. The molecule has 0 spiro atoms. The lowest BCUT2D eigenvalue weighted by molar-refractivity contribution is 1.24. The Morgan fingerprint density at radius 2 is 0.886 bits per heavy atom. The first-order chi connectivity index (χ1) is 21.5. The molecule has 8 aromatic rings. The molecule has 8 rings (SSSR count). The van der Waals surface area contributed by atoms with Crippen LogP contribution in [0.5, 0.6) is 0 Å². The van der Waals surface area contributed by atoms with Crippen LogP contribution in [-0.2, 0) is 0 Å². The van der Waals surface area contributed by atoms with Gasteiger partial charge >= 0.3 is 0 Å². The van der Waals surface area contributed by atoms with Gasteiger partial charge in [0.25, 0.3) is 0 Å². The quantitative estimate of drug-likeness (QED) is 0.182. The Labute approximate surface area is 259 Å². The molecule has 0 radical (unpaired) electrons. The highest BCUT2D eigenvalue weighted by Crippen LogP contribution is 2.18. The van der Waals surface area contributed by atoms with Gasteiger partial charge in [-0.2, -0.15) is 0 Å². The van der Waals surface area contributed by atoms with Gasteiger partial charge in [0.15, 0.2) is 0 Å². The molecule has 0 fully saturated rings. The van der Waals surface area contributed by atoms with Crippen LogP contribution in [-0.4, -0.2) is 15.0 Å². The van der Waals surface area contributed by atoms with Crippen LogP contribution in [0.1, 0.15) is 22.4 Å². The topological polar surface area (TPSA) is 38.7 Å². The van der Waals surface area contributed by atoms with Crippen molar-refractivity contribution < 1.29 is 0 Å². The van der Waals surface area contributed by atoms with Gasteiger partial charge in [0, 0.05) is 46.6 Å². The minimum atomic E-state index is 1.08. The summed E-state index contributed by atoms with van der Waals surface area (Å²) in [6.07, 6.45) is 7.47. The Morgan fingerprint density at radius 3 is 1.55 bits per heavy atom. The lowest BCUT2D eigenvalue weighted by Crippen LogP contribution is -1.80. The van der Waals surface area contributed by atoms with Gasteiger partial charge in [-0.05, 0) is 84.1 Å².